The van der Waals surface area contributed by atoms with E-state index in [1.165, 1.54) is 22.8 Å². The number of nitrogens with two attached hydrogens (primary N) is 1. The van der Waals surface area contributed by atoms with Gasteiger partial charge in [0.2, 0.25) is 17.7 Å². The summed E-state index contributed by atoms with van der Waals surface area (Å²) in [7, 11) is 0. The van der Waals surface area contributed by atoms with Gasteiger partial charge in [-0.05, 0) is 72.9 Å². The van der Waals surface area contributed by atoms with E-state index in [1.807, 2.05) is 0 Å². The minimum Gasteiger partial charge on any atom is -0.366 e. The SMILES string of the molecule is NC(=O)c1ccc(F)cc1[C@@H](c1cn2ncc([C@H](NC(=O)CCC(F)(F)F)C3CC3)cc2n1)C1CCC(F)(F)CC1. The fourth-order valence-corrected chi connectivity index (χ4v) is 5.70. The van der Waals surface area contributed by atoms with Gasteiger partial charge in [-0.15, -0.1) is 0 Å². The first kappa shape index (κ1) is 28.9. The number of carbonyl (C=O) groups excluding carboxylic acids is 2. The molecule has 2 heterocycles. The molecule has 41 heavy (non-hydrogen) atoms. The number of amides is 2. The van der Waals surface area contributed by atoms with Crippen LogP contribution in [0.2, 0.25) is 0 Å². The number of imidazole rings is 1. The molecule has 0 spiro atoms. The van der Waals surface area contributed by atoms with Crippen LogP contribution in [0.3, 0.4) is 0 Å². The number of aromatic nitrogens is 3. The Kier molecular flexibility index (Phi) is 7.73. The van der Waals surface area contributed by atoms with Gasteiger partial charge in [0, 0.05) is 30.7 Å². The number of rotatable bonds is 9. The lowest BCUT2D eigenvalue weighted by Gasteiger charge is -2.34. The maximum absolute atomic E-state index is 14.4. The third-order valence-electron chi connectivity index (χ3n) is 7.93. The van der Waals surface area contributed by atoms with Crippen LogP contribution in [0, 0.1) is 17.7 Å². The highest BCUT2D eigenvalue weighted by molar-refractivity contribution is 5.94. The molecule has 2 atom stereocenters. The molecule has 3 N–H and O–H groups in total. The average Bonchev–Trinajstić information content (AvgIpc) is 3.65. The third-order valence-corrected chi connectivity index (χ3v) is 7.93. The number of benzene rings is 1. The van der Waals surface area contributed by atoms with Crippen molar-refractivity contribution in [2.45, 2.75) is 75.4 Å². The molecule has 2 aliphatic rings. The normalized spacial score (nSPS) is 19.2. The Morgan fingerprint density at radius 2 is 1.80 bits per heavy atom. The molecule has 0 aliphatic heterocycles. The lowest BCUT2D eigenvalue weighted by atomic mass is 9.73. The summed E-state index contributed by atoms with van der Waals surface area (Å²) < 4.78 is 81.7. The zero-order chi connectivity index (χ0) is 29.5. The fourth-order valence-electron chi connectivity index (χ4n) is 5.70. The number of fused-ring (bicyclic) bond motifs is 1. The van der Waals surface area contributed by atoms with Crippen molar-refractivity contribution < 1.29 is 35.9 Å². The van der Waals surface area contributed by atoms with Crippen molar-refractivity contribution in [2.75, 3.05) is 0 Å². The highest BCUT2D eigenvalue weighted by Crippen LogP contribution is 2.46. The quantitative estimate of drug-likeness (QED) is 0.310. The fraction of sp³-hybridized carbons (Fsp3) is 0.500. The van der Waals surface area contributed by atoms with Crippen molar-refractivity contribution in [3.05, 3.63) is 64.9 Å². The molecule has 0 radical (unpaired) electrons. The van der Waals surface area contributed by atoms with Crippen molar-refractivity contribution in [3.63, 3.8) is 0 Å². The largest absolute Gasteiger partial charge is 0.389 e. The zero-order valence-electron chi connectivity index (χ0n) is 21.9. The molecule has 2 fully saturated rings. The van der Waals surface area contributed by atoms with Gasteiger partial charge in [-0.2, -0.15) is 18.3 Å². The second kappa shape index (κ2) is 11.0. The van der Waals surface area contributed by atoms with Gasteiger partial charge in [-0.25, -0.2) is 22.7 Å². The predicted molar refractivity (Wildman–Crippen MR) is 136 cm³/mol. The Labute approximate surface area is 231 Å². The molecule has 7 nitrogen and oxygen atoms in total. The Balaban J connectivity index is 1.49. The summed E-state index contributed by atoms with van der Waals surface area (Å²) in [5.74, 6) is -6.00. The second-order valence-electron chi connectivity index (χ2n) is 11.0. The number of carbonyl (C=O) groups is 2. The first-order chi connectivity index (χ1) is 19.3. The van der Waals surface area contributed by atoms with Gasteiger partial charge in [0.05, 0.1) is 30.6 Å². The van der Waals surface area contributed by atoms with E-state index >= 15 is 0 Å². The third kappa shape index (κ3) is 6.82. The number of halogens is 6. The van der Waals surface area contributed by atoms with Crippen LogP contribution >= 0.6 is 0 Å². The number of nitrogens with zero attached hydrogens (tertiary/aromatic N) is 3. The van der Waals surface area contributed by atoms with Crippen molar-refractivity contribution in [2.24, 2.45) is 17.6 Å². The maximum Gasteiger partial charge on any atom is 0.389 e. The molecule has 2 saturated carbocycles. The number of hydrogen-bond acceptors (Lipinski definition) is 4. The predicted octanol–water partition coefficient (Wildman–Crippen LogP) is 5.83. The molecule has 220 valence electrons. The van der Waals surface area contributed by atoms with Crippen LogP contribution in [0.1, 0.15) is 90.5 Å². The number of hydrogen-bond donors (Lipinski definition) is 2. The van der Waals surface area contributed by atoms with Gasteiger partial charge in [0.15, 0.2) is 5.65 Å². The number of alkyl halides is 5. The average molecular weight is 582 g/mol. The van der Waals surface area contributed by atoms with Crippen LogP contribution in [0.15, 0.2) is 36.7 Å². The molecule has 2 amide bonds. The van der Waals surface area contributed by atoms with Crippen LogP contribution in [-0.2, 0) is 4.79 Å². The first-order valence-corrected chi connectivity index (χ1v) is 13.5. The monoisotopic (exact) mass is 581 g/mol. The van der Waals surface area contributed by atoms with Crippen LogP contribution in [0.4, 0.5) is 26.3 Å². The summed E-state index contributed by atoms with van der Waals surface area (Å²) in [6.07, 6.45) is -2.17. The smallest absolute Gasteiger partial charge is 0.366 e. The van der Waals surface area contributed by atoms with Crippen LogP contribution in [0.25, 0.3) is 5.65 Å². The Hall–Kier alpha value is -3.64. The minimum absolute atomic E-state index is 0.0468. The van der Waals surface area contributed by atoms with Gasteiger partial charge in [-0.3, -0.25) is 9.59 Å². The lowest BCUT2D eigenvalue weighted by molar-refractivity contribution is -0.144. The van der Waals surface area contributed by atoms with Gasteiger partial charge in [-0.1, -0.05) is 0 Å². The molecule has 1 aromatic carbocycles. The van der Waals surface area contributed by atoms with Gasteiger partial charge >= 0.3 is 6.18 Å². The van der Waals surface area contributed by atoms with E-state index in [2.05, 4.69) is 15.4 Å². The molecule has 2 aromatic heterocycles. The molecule has 3 aromatic rings. The molecule has 13 heteroatoms. The van der Waals surface area contributed by atoms with Crippen molar-refractivity contribution in [3.8, 4) is 0 Å². The summed E-state index contributed by atoms with van der Waals surface area (Å²) in [5.41, 5.74) is 7.20. The van der Waals surface area contributed by atoms with E-state index in [0.717, 1.165) is 18.9 Å². The molecule has 5 rings (SSSR count). The van der Waals surface area contributed by atoms with Gasteiger partial charge < -0.3 is 11.1 Å². The first-order valence-electron chi connectivity index (χ1n) is 13.5. The second-order valence-corrected chi connectivity index (χ2v) is 11.0. The van der Waals surface area contributed by atoms with Crippen molar-refractivity contribution in [1.29, 1.82) is 0 Å². The molecule has 0 unspecified atom stereocenters. The highest BCUT2D eigenvalue weighted by atomic mass is 19.4. The molecular weight excluding hydrogens is 552 g/mol. The van der Waals surface area contributed by atoms with Crippen molar-refractivity contribution in [1.82, 2.24) is 19.9 Å². The maximum atomic E-state index is 14.4. The topological polar surface area (TPSA) is 102 Å². The summed E-state index contributed by atoms with van der Waals surface area (Å²) in [6, 6.07) is 4.67. The Bertz CT molecular complexity index is 1440. The van der Waals surface area contributed by atoms with Crippen molar-refractivity contribution >= 4 is 17.5 Å². The molecular formula is C28H29F6N5O2. The summed E-state index contributed by atoms with van der Waals surface area (Å²) in [5, 5.41) is 7.08. The Morgan fingerprint density at radius 3 is 2.44 bits per heavy atom. The molecule has 2 aliphatic carbocycles. The van der Waals surface area contributed by atoms with Crippen LogP contribution < -0.4 is 11.1 Å². The molecule has 0 saturated heterocycles. The highest BCUT2D eigenvalue weighted by Gasteiger charge is 2.40. The van der Waals surface area contributed by atoms with E-state index in [4.69, 9.17) is 5.73 Å². The minimum atomic E-state index is -4.44. The lowest BCUT2D eigenvalue weighted by Crippen LogP contribution is -2.30. The standard InChI is InChI=1S/C28H29F6N5O2/c29-18-3-4-19(26(35)41)20(12-18)24(15-5-8-27(30,31)9-6-15)21-14-39-22(37-21)11-17(13-36-39)25(16-1-2-16)38-23(40)7-10-28(32,33)34/h3-4,11-16,24-25H,1-2,5-10H2,(H2,35,41)(H,38,40)/t24-,25+/m0/s1. The summed E-state index contributed by atoms with van der Waals surface area (Å²) in [4.78, 5) is 29.2. The Morgan fingerprint density at radius 1 is 1.10 bits per heavy atom. The summed E-state index contributed by atoms with van der Waals surface area (Å²) in [6.45, 7) is 0. The number of primary amides is 1. The zero-order valence-corrected chi connectivity index (χ0v) is 21.9. The molecule has 0 bridgehead atoms. The van der Waals surface area contributed by atoms with E-state index < -0.39 is 54.5 Å². The van der Waals surface area contributed by atoms with E-state index in [-0.39, 0.29) is 48.6 Å². The van der Waals surface area contributed by atoms with E-state index in [9.17, 15) is 35.9 Å². The van der Waals surface area contributed by atoms with E-state index in [0.29, 0.717) is 16.9 Å². The van der Waals surface area contributed by atoms with Crippen LogP contribution in [0.5, 0.6) is 0 Å². The van der Waals surface area contributed by atoms with Gasteiger partial charge in [0.25, 0.3) is 0 Å². The van der Waals surface area contributed by atoms with Crippen LogP contribution in [-0.4, -0.2) is 38.5 Å². The van der Waals surface area contributed by atoms with Gasteiger partial charge in [0.1, 0.15) is 5.82 Å². The summed E-state index contributed by atoms with van der Waals surface area (Å²) >= 11 is 0. The number of nitrogens with one attached hydrogen (secondary N) is 1. The van der Waals surface area contributed by atoms with E-state index in [1.54, 1.807) is 12.3 Å².